The lowest BCUT2D eigenvalue weighted by atomic mass is 10.0. The number of carboxylic acids is 1. The van der Waals surface area contributed by atoms with Crippen molar-refractivity contribution in [2.24, 2.45) is 5.16 Å². The Morgan fingerprint density at radius 1 is 0.969 bits per heavy atom. The van der Waals surface area contributed by atoms with E-state index in [0.717, 1.165) is 17.7 Å². The minimum Gasteiger partial charge on any atom is -0.481 e. The summed E-state index contributed by atoms with van der Waals surface area (Å²) in [5.41, 5.74) is 1.92. The summed E-state index contributed by atoms with van der Waals surface area (Å²) in [5, 5.41) is 13.0. The number of aliphatic carboxylic acids is 1. The molecule has 0 aliphatic rings. The third-order valence-electron chi connectivity index (χ3n) is 4.50. The topological polar surface area (TPSA) is 84.7 Å². The third kappa shape index (κ3) is 6.90. The van der Waals surface area contributed by atoms with Crippen molar-refractivity contribution < 1.29 is 27.9 Å². The van der Waals surface area contributed by atoms with Crippen LogP contribution in [0.3, 0.4) is 0 Å². The standard InChI is InChI=1S/C23H20F3N3O3/c24-23(25,26)19-8-6-17(7-9-19)15-32-29-20(12-16-4-2-1-3-5-16)18-13-27-21(28-14-18)10-11-22(30)31/h1-9,13-14H,10-12,15H2,(H,30,31)/b29-20+. The zero-order valence-electron chi connectivity index (χ0n) is 16.9. The van der Waals surface area contributed by atoms with Crippen molar-refractivity contribution in [2.45, 2.75) is 32.0 Å². The van der Waals surface area contributed by atoms with Crippen LogP contribution >= 0.6 is 0 Å². The first-order valence-corrected chi connectivity index (χ1v) is 9.73. The number of halogens is 3. The van der Waals surface area contributed by atoms with Crippen molar-refractivity contribution in [3.8, 4) is 0 Å². The average Bonchev–Trinajstić information content (AvgIpc) is 2.78. The molecular formula is C23H20F3N3O3. The summed E-state index contributed by atoms with van der Waals surface area (Å²) in [4.78, 5) is 24.5. The zero-order chi connectivity index (χ0) is 23.0. The fourth-order valence-electron chi connectivity index (χ4n) is 2.80. The number of nitrogens with zero attached hydrogens (tertiary/aromatic N) is 3. The van der Waals surface area contributed by atoms with Gasteiger partial charge in [0.1, 0.15) is 12.4 Å². The molecule has 32 heavy (non-hydrogen) atoms. The quantitative estimate of drug-likeness (QED) is 0.384. The maximum atomic E-state index is 12.7. The van der Waals surface area contributed by atoms with E-state index in [9.17, 15) is 18.0 Å². The van der Waals surface area contributed by atoms with E-state index in [1.807, 2.05) is 30.3 Å². The van der Waals surface area contributed by atoms with Gasteiger partial charge < -0.3 is 9.94 Å². The largest absolute Gasteiger partial charge is 0.481 e. The van der Waals surface area contributed by atoms with E-state index in [-0.39, 0.29) is 19.4 Å². The number of benzene rings is 2. The van der Waals surface area contributed by atoms with E-state index in [1.165, 1.54) is 12.1 Å². The van der Waals surface area contributed by atoms with Gasteiger partial charge in [0, 0.05) is 30.8 Å². The molecule has 166 valence electrons. The molecule has 0 atom stereocenters. The summed E-state index contributed by atoms with van der Waals surface area (Å²) in [5.74, 6) is -0.526. The maximum absolute atomic E-state index is 12.7. The van der Waals surface area contributed by atoms with E-state index in [1.54, 1.807) is 12.4 Å². The molecule has 0 aliphatic heterocycles. The molecule has 2 aromatic carbocycles. The minimum absolute atomic E-state index is 0.00597. The molecule has 0 unspecified atom stereocenters. The van der Waals surface area contributed by atoms with Gasteiger partial charge in [0.05, 0.1) is 17.7 Å². The molecule has 9 heteroatoms. The summed E-state index contributed by atoms with van der Waals surface area (Å²) in [6.07, 6.45) is -0.727. The van der Waals surface area contributed by atoms with Gasteiger partial charge in [-0.25, -0.2) is 9.97 Å². The Kier molecular flexibility index (Phi) is 7.54. The zero-order valence-corrected chi connectivity index (χ0v) is 16.9. The van der Waals surface area contributed by atoms with Crippen LogP contribution in [0.1, 0.15) is 34.5 Å². The van der Waals surface area contributed by atoms with Gasteiger partial charge in [-0.15, -0.1) is 0 Å². The Bertz CT molecular complexity index is 1050. The van der Waals surface area contributed by atoms with Gasteiger partial charge in [0.15, 0.2) is 0 Å². The van der Waals surface area contributed by atoms with Gasteiger partial charge in [-0.05, 0) is 23.3 Å². The summed E-state index contributed by atoms with van der Waals surface area (Å²) in [6, 6.07) is 14.2. The lowest BCUT2D eigenvalue weighted by Gasteiger charge is -2.09. The summed E-state index contributed by atoms with van der Waals surface area (Å²) in [7, 11) is 0. The van der Waals surface area contributed by atoms with E-state index in [0.29, 0.717) is 29.1 Å². The number of hydrogen-bond acceptors (Lipinski definition) is 5. The SMILES string of the molecule is O=C(O)CCc1ncc(/C(Cc2ccccc2)=N/OCc2ccc(C(F)(F)F)cc2)cn1. The normalized spacial score (nSPS) is 11.9. The highest BCUT2D eigenvalue weighted by atomic mass is 19.4. The van der Waals surface area contributed by atoms with Crippen LogP contribution < -0.4 is 0 Å². The van der Waals surface area contributed by atoms with Gasteiger partial charge in [0.25, 0.3) is 0 Å². The molecule has 0 fully saturated rings. The van der Waals surface area contributed by atoms with E-state index < -0.39 is 17.7 Å². The van der Waals surface area contributed by atoms with Crippen LogP contribution in [0.4, 0.5) is 13.2 Å². The van der Waals surface area contributed by atoms with Crippen molar-refractivity contribution in [1.82, 2.24) is 9.97 Å². The first kappa shape index (κ1) is 22.9. The number of alkyl halides is 3. The first-order valence-electron chi connectivity index (χ1n) is 9.73. The number of carboxylic acid groups (broad SMARTS) is 1. The molecule has 3 rings (SSSR count). The molecular weight excluding hydrogens is 423 g/mol. The highest BCUT2D eigenvalue weighted by Crippen LogP contribution is 2.29. The molecule has 0 spiro atoms. The fourth-order valence-corrected chi connectivity index (χ4v) is 2.80. The van der Waals surface area contributed by atoms with Crippen LogP contribution in [-0.4, -0.2) is 26.8 Å². The van der Waals surface area contributed by atoms with E-state index >= 15 is 0 Å². The molecule has 1 aromatic heterocycles. The highest BCUT2D eigenvalue weighted by molar-refractivity contribution is 6.01. The Balaban J connectivity index is 1.73. The van der Waals surface area contributed by atoms with Crippen molar-refractivity contribution in [2.75, 3.05) is 0 Å². The molecule has 0 bridgehead atoms. The number of oxime groups is 1. The average molecular weight is 443 g/mol. The number of hydrogen-bond donors (Lipinski definition) is 1. The smallest absolute Gasteiger partial charge is 0.416 e. The van der Waals surface area contributed by atoms with Gasteiger partial charge in [-0.2, -0.15) is 13.2 Å². The number of carbonyl (C=O) groups is 1. The molecule has 1 N–H and O–H groups in total. The van der Waals surface area contributed by atoms with E-state index in [4.69, 9.17) is 9.94 Å². The Morgan fingerprint density at radius 2 is 1.62 bits per heavy atom. The monoisotopic (exact) mass is 443 g/mol. The van der Waals surface area contributed by atoms with Crippen LogP contribution in [0.15, 0.2) is 72.1 Å². The lowest BCUT2D eigenvalue weighted by molar-refractivity contribution is -0.138. The van der Waals surface area contributed by atoms with Crippen LogP contribution in [0.25, 0.3) is 0 Å². The molecule has 0 saturated carbocycles. The molecule has 0 aliphatic carbocycles. The molecule has 0 saturated heterocycles. The third-order valence-corrected chi connectivity index (χ3v) is 4.50. The fraction of sp³-hybridized carbons (Fsp3) is 0.217. The van der Waals surface area contributed by atoms with Crippen LogP contribution in [0.2, 0.25) is 0 Å². The summed E-state index contributed by atoms with van der Waals surface area (Å²) >= 11 is 0. The van der Waals surface area contributed by atoms with E-state index in [2.05, 4.69) is 15.1 Å². The Morgan fingerprint density at radius 3 is 2.22 bits per heavy atom. The van der Waals surface area contributed by atoms with Gasteiger partial charge in [-0.3, -0.25) is 4.79 Å². The van der Waals surface area contributed by atoms with Crippen LogP contribution in [0, 0.1) is 0 Å². The number of rotatable bonds is 9. The van der Waals surface area contributed by atoms with Gasteiger partial charge >= 0.3 is 12.1 Å². The molecule has 6 nitrogen and oxygen atoms in total. The maximum Gasteiger partial charge on any atom is 0.416 e. The van der Waals surface area contributed by atoms with Crippen LogP contribution in [-0.2, 0) is 35.3 Å². The lowest BCUT2D eigenvalue weighted by Crippen LogP contribution is -2.09. The number of aromatic nitrogens is 2. The van der Waals surface area contributed by atoms with Crippen LogP contribution in [0.5, 0.6) is 0 Å². The Labute approximate surface area is 182 Å². The summed E-state index contributed by atoms with van der Waals surface area (Å²) < 4.78 is 38.1. The second-order valence-electron chi connectivity index (χ2n) is 6.95. The second-order valence-corrected chi connectivity index (χ2v) is 6.95. The second kappa shape index (κ2) is 10.5. The first-order chi connectivity index (χ1) is 15.3. The minimum atomic E-state index is -4.39. The van der Waals surface area contributed by atoms with Crippen molar-refractivity contribution in [3.05, 3.63) is 95.1 Å². The predicted molar refractivity (Wildman–Crippen MR) is 111 cm³/mol. The van der Waals surface area contributed by atoms with Crippen molar-refractivity contribution in [3.63, 3.8) is 0 Å². The van der Waals surface area contributed by atoms with Gasteiger partial charge in [0.2, 0.25) is 0 Å². The van der Waals surface area contributed by atoms with Crippen molar-refractivity contribution in [1.29, 1.82) is 0 Å². The van der Waals surface area contributed by atoms with Gasteiger partial charge in [-0.1, -0.05) is 47.6 Å². The molecule has 0 radical (unpaired) electrons. The Hall–Kier alpha value is -3.75. The van der Waals surface area contributed by atoms with Crippen molar-refractivity contribution >= 4 is 11.7 Å². The number of aryl methyl sites for hydroxylation is 1. The molecule has 0 amide bonds. The summed E-state index contributed by atoms with van der Waals surface area (Å²) in [6.45, 7) is -0.00597. The predicted octanol–water partition coefficient (Wildman–Crippen LogP) is 4.68. The highest BCUT2D eigenvalue weighted by Gasteiger charge is 2.29. The molecule has 1 heterocycles. The molecule has 3 aromatic rings.